The van der Waals surface area contributed by atoms with Gasteiger partial charge in [0, 0.05) is 5.41 Å². The van der Waals surface area contributed by atoms with Crippen LogP contribution in [0.25, 0.3) is 0 Å². The van der Waals surface area contributed by atoms with E-state index in [1.807, 2.05) is 0 Å². The molecule has 4 fully saturated rings. The number of carboxylic acid groups (broad SMARTS) is 1. The Morgan fingerprint density at radius 1 is 1.00 bits per heavy atom. The van der Waals surface area contributed by atoms with Crippen molar-refractivity contribution in [1.29, 1.82) is 0 Å². The van der Waals surface area contributed by atoms with Crippen LogP contribution in [0, 0.1) is 34.0 Å². The third kappa shape index (κ3) is 4.21. The van der Waals surface area contributed by atoms with Crippen LogP contribution in [0.4, 0.5) is 0 Å². The van der Waals surface area contributed by atoms with Gasteiger partial charge in [0.05, 0.1) is 30.9 Å². The number of aliphatic hydroxyl groups is 4. The van der Waals surface area contributed by atoms with E-state index in [1.165, 1.54) is 12.1 Å². The summed E-state index contributed by atoms with van der Waals surface area (Å²) in [5.74, 6) is 0.0521. The number of fused-ring (bicyclic) bond motifs is 2. The fourth-order valence-corrected chi connectivity index (χ4v) is 8.51. The molecule has 1 spiro atoms. The first-order valence-electron chi connectivity index (χ1n) is 12.4. The van der Waals surface area contributed by atoms with Crippen LogP contribution in [0.2, 0.25) is 0 Å². The van der Waals surface area contributed by atoms with Crippen LogP contribution in [-0.4, -0.2) is 51.3 Å². The molecule has 34 heavy (non-hydrogen) atoms. The number of benzene rings is 1. The molecule has 0 aromatic heterocycles. The van der Waals surface area contributed by atoms with Crippen molar-refractivity contribution in [3.63, 3.8) is 0 Å². The van der Waals surface area contributed by atoms with Gasteiger partial charge in [-0.05, 0) is 85.5 Å². The maximum Gasteiger partial charge on any atom is 1.00 e. The standard InChI is InChI=1S/C20H34O4.C7H6O2.Na/c1-17(11-21)15-4-3-13-9-14-10-19(13,7-8-20(14,24)12-22)18(15,2)6-5-16(17)23;8-7(9)6-4-2-1-3-5-6;/h13-16,21-24H,3-12H2,1-2H3;1-5H,(H,8,9);/q;;+1/p-1/t13-,14+,15-,16+,17-,18-,19-,20-;;/m0../s1. The Morgan fingerprint density at radius 3 is 2.24 bits per heavy atom. The minimum atomic E-state index is -1.13. The summed E-state index contributed by atoms with van der Waals surface area (Å²) in [4.78, 5) is 10.1. The van der Waals surface area contributed by atoms with Crippen molar-refractivity contribution in [2.75, 3.05) is 13.2 Å². The molecule has 7 heteroatoms. The first kappa shape index (κ1) is 28.1. The third-order valence-electron chi connectivity index (χ3n) is 10.6. The molecule has 2 bridgehead atoms. The smallest absolute Gasteiger partial charge is 0.545 e. The van der Waals surface area contributed by atoms with Gasteiger partial charge >= 0.3 is 29.6 Å². The summed E-state index contributed by atoms with van der Waals surface area (Å²) in [5, 5.41) is 51.4. The van der Waals surface area contributed by atoms with Crippen LogP contribution < -0.4 is 34.7 Å². The number of aliphatic hydroxyl groups excluding tert-OH is 3. The Labute approximate surface area is 225 Å². The Morgan fingerprint density at radius 2 is 1.68 bits per heavy atom. The third-order valence-corrected chi connectivity index (χ3v) is 10.6. The molecule has 0 radical (unpaired) electrons. The van der Waals surface area contributed by atoms with E-state index in [0.717, 1.165) is 44.9 Å². The van der Waals surface area contributed by atoms with E-state index in [4.69, 9.17) is 0 Å². The number of carboxylic acids is 1. The molecule has 4 aliphatic carbocycles. The van der Waals surface area contributed by atoms with Crippen LogP contribution in [0.3, 0.4) is 0 Å². The molecule has 5 rings (SSSR count). The molecule has 0 unspecified atom stereocenters. The summed E-state index contributed by atoms with van der Waals surface area (Å²) in [6.45, 7) is 4.43. The summed E-state index contributed by atoms with van der Waals surface area (Å²) >= 11 is 0. The van der Waals surface area contributed by atoms with Crippen LogP contribution in [0.15, 0.2) is 30.3 Å². The molecule has 0 amide bonds. The van der Waals surface area contributed by atoms with E-state index >= 15 is 0 Å². The number of carbonyl (C=O) groups is 1. The summed E-state index contributed by atoms with van der Waals surface area (Å²) in [5.41, 5.74) is -0.729. The second-order valence-electron chi connectivity index (χ2n) is 11.7. The zero-order valence-corrected chi connectivity index (χ0v) is 22.9. The molecule has 0 heterocycles. The van der Waals surface area contributed by atoms with E-state index in [-0.39, 0.29) is 65.1 Å². The first-order chi connectivity index (χ1) is 15.6. The molecule has 4 saturated carbocycles. The van der Waals surface area contributed by atoms with E-state index in [2.05, 4.69) is 13.8 Å². The van der Waals surface area contributed by atoms with Gasteiger partial charge in [0.15, 0.2) is 0 Å². The average molecular weight is 483 g/mol. The summed E-state index contributed by atoms with van der Waals surface area (Å²) < 4.78 is 0. The van der Waals surface area contributed by atoms with E-state index in [1.54, 1.807) is 18.2 Å². The van der Waals surface area contributed by atoms with Gasteiger partial charge in [0.2, 0.25) is 0 Å². The zero-order valence-electron chi connectivity index (χ0n) is 20.9. The second-order valence-corrected chi connectivity index (χ2v) is 11.7. The summed E-state index contributed by atoms with van der Waals surface area (Å²) in [6.07, 6.45) is 7.33. The zero-order chi connectivity index (χ0) is 24.1. The Kier molecular flexibility index (Phi) is 8.37. The maximum atomic E-state index is 10.9. The molecular formula is C27H39NaO6. The van der Waals surface area contributed by atoms with Crippen molar-refractivity contribution in [3.05, 3.63) is 35.9 Å². The quantitative estimate of drug-likeness (QED) is 0.416. The van der Waals surface area contributed by atoms with Gasteiger partial charge in [-0.25, -0.2) is 0 Å². The minimum absolute atomic E-state index is 0. The molecule has 184 valence electrons. The second kappa shape index (κ2) is 10.1. The van der Waals surface area contributed by atoms with Gasteiger partial charge in [0.25, 0.3) is 0 Å². The number of aromatic carboxylic acids is 1. The maximum absolute atomic E-state index is 10.9. The normalized spacial score (nSPS) is 44.5. The first-order valence-corrected chi connectivity index (χ1v) is 12.4. The fraction of sp³-hybridized carbons (Fsp3) is 0.741. The Balaban J connectivity index is 0.000000275. The van der Waals surface area contributed by atoms with Crippen LogP contribution in [0.1, 0.15) is 75.6 Å². The number of hydrogen-bond donors (Lipinski definition) is 4. The van der Waals surface area contributed by atoms with Gasteiger partial charge in [-0.2, -0.15) is 0 Å². The van der Waals surface area contributed by atoms with Gasteiger partial charge in [0.1, 0.15) is 0 Å². The Bertz CT molecular complexity index is 866. The van der Waals surface area contributed by atoms with Gasteiger partial charge in [-0.1, -0.05) is 44.2 Å². The molecule has 1 aromatic rings. The number of hydrogen-bond acceptors (Lipinski definition) is 6. The predicted molar refractivity (Wildman–Crippen MR) is 122 cm³/mol. The molecule has 8 atom stereocenters. The van der Waals surface area contributed by atoms with Gasteiger partial charge in [-0.15, -0.1) is 0 Å². The van der Waals surface area contributed by atoms with E-state index in [0.29, 0.717) is 18.3 Å². The van der Waals surface area contributed by atoms with Gasteiger partial charge in [-0.3, -0.25) is 0 Å². The molecular weight excluding hydrogens is 443 g/mol. The molecule has 0 aliphatic heterocycles. The largest absolute Gasteiger partial charge is 1.00 e. The molecule has 0 saturated heterocycles. The van der Waals surface area contributed by atoms with Crippen LogP contribution in [0.5, 0.6) is 0 Å². The Hall–Kier alpha value is -0.470. The average Bonchev–Trinajstić information content (AvgIpc) is 3.17. The molecule has 4 N–H and O–H groups in total. The molecule has 4 aliphatic rings. The summed E-state index contributed by atoms with van der Waals surface area (Å²) in [7, 11) is 0. The number of rotatable bonds is 3. The molecule has 1 aromatic carbocycles. The molecule has 6 nitrogen and oxygen atoms in total. The number of carbonyl (C=O) groups excluding carboxylic acids is 1. The van der Waals surface area contributed by atoms with Crippen molar-refractivity contribution in [3.8, 4) is 0 Å². The van der Waals surface area contributed by atoms with Crippen LogP contribution in [-0.2, 0) is 0 Å². The van der Waals surface area contributed by atoms with E-state index < -0.39 is 23.1 Å². The monoisotopic (exact) mass is 482 g/mol. The van der Waals surface area contributed by atoms with Gasteiger partial charge < -0.3 is 30.3 Å². The van der Waals surface area contributed by atoms with Crippen LogP contribution >= 0.6 is 0 Å². The minimum Gasteiger partial charge on any atom is -0.545 e. The van der Waals surface area contributed by atoms with Crippen molar-refractivity contribution < 1.29 is 59.9 Å². The van der Waals surface area contributed by atoms with E-state index in [9.17, 15) is 30.3 Å². The fourth-order valence-electron chi connectivity index (χ4n) is 8.51. The van der Waals surface area contributed by atoms with Crippen molar-refractivity contribution >= 4 is 5.97 Å². The summed E-state index contributed by atoms with van der Waals surface area (Å²) in [6, 6.07) is 8.06. The topological polar surface area (TPSA) is 121 Å². The van der Waals surface area contributed by atoms with Crippen molar-refractivity contribution in [2.45, 2.75) is 76.9 Å². The van der Waals surface area contributed by atoms with Crippen molar-refractivity contribution in [2.24, 2.45) is 34.0 Å². The predicted octanol–water partition coefficient (Wildman–Crippen LogP) is -0.860. The van der Waals surface area contributed by atoms with Crippen molar-refractivity contribution in [1.82, 2.24) is 0 Å². The SMILES string of the molecule is C[C@@]1(CO)[C@H](O)CC[C@@]2(C)[C@H]1CC[C@H]1C[C@@H]3C[C@@]12CC[C@]3(O)CO.O=C([O-])c1ccccc1.[Na+].